The van der Waals surface area contributed by atoms with Crippen molar-refractivity contribution in [3.05, 3.63) is 0 Å². The molecule has 1 aliphatic carbocycles. The number of aliphatic hydroxyl groups excluding tert-OH is 1. The highest BCUT2D eigenvalue weighted by molar-refractivity contribution is 4.75. The topological polar surface area (TPSA) is 50.7 Å². The molecule has 4 atom stereocenters. The molecule has 18 heavy (non-hydrogen) atoms. The van der Waals surface area contributed by atoms with E-state index in [1.54, 1.807) is 7.11 Å². The van der Waals surface area contributed by atoms with Crippen molar-refractivity contribution in [2.75, 3.05) is 33.4 Å². The van der Waals surface area contributed by atoms with Crippen LogP contribution in [0.3, 0.4) is 0 Å². The van der Waals surface area contributed by atoms with Crippen LogP contribution in [0.2, 0.25) is 0 Å². The molecule has 0 aliphatic heterocycles. The third kappa shape index (κ3) is 6.69. The maximum atomic E-state index is 9.76. The zero-order valence-electron chi connectivity index (χ0n) is 12.0. The zero-order valence-corrected chi connectivity index (χ0v) is 12.0. The van der Waals surface area contributed by atoms with Crippen molar-refractivity contribution in [3.63, 3.8) is 0 Å². The average molecular weight is 259 g/mol. The van der Waals surface area contributed by atoms with E-state index < -0.39 is 6.10 Å². The maximum Gasteiger partial charge on any atom is 0.0897 e. The van der Waals surface area contributed by atoms with Gasteiger partial charge in [-0.25, -0.2) is 0 Å². The third-order valence-corrected chi connectivity index (χ3v) is 3.59. The number of aliphatic hydroxyl groups is 1. The van der Waals surface area contributed by atoms with E-state index in [2.05, 4.69) is 12.2 Å². The first-order chi connectivity index (χ1) is 8.61. The third-order valence-electron chi connectivity index (χ3n) is 3.59. The van der Waals surface area contributed by atoms with Crippen molar-refractivity contribution in [2.24, 2.45) is 11.8 Å². The van der Waals surface area contributed by atoms with E-state index in [-0.39, 0.29) is 6.10 Å². The fraction of sp³-hybridized carbons (Fsp3) is 1.00. The fourth-order valence-electron chi connectivity index (χ4n) is 2.58. The van der Waals surface area contributed by atoms with Crippen molar-refractivity contribution >= 4 is 0 Å². The predicted octanol–water partition coefficient (Wildman–Crippen LogP) is 1.42. The Morgan fingerprint density at radius 3 is 2.72 bits per heavy atom. The number of hydrogen-bond acceptors (Lipinski definition) is 4. The minimum Gasteiger partial charge on any atom is -0.389 e. The summed E-state index contributed by atoms with van der Waals surface area (Å²) in [6.07, 6.45) is 3.62. The number of methoxy groups -OCH3 is 1. The van der Waals surface area contributed by atoms with Crippen LogP contribution >= 0.6 is 0 Å². The number of ether oxygens (including phenoxy) is 2. The van der Waals surface area contributed by atoms with Gasteiger partial charge in [0.15, 0.2) is 0 Å². The van der Waals surface area contributed by atoms with Gasteiger partial charge >= 0.3 is 0 Å². The minimum atomic E-state index is -0.428. The van der Waals surface area contributed by atoms with Crippen LogP contribution in [0.15, 0.2) is 0 Å². The lowest BCUT2D eigenvalue weighted by molar-refractivity contribution is -0.0311. The number of rotatable bonds is 9. The van der Waals surface area contributed by atoms with Gasteiger partial charge < -0.3 is 19.9 Å². The van der Waals surface area contributed by atoms with Gasteiger partial charge in [0.1, 0.15) is 0 Å². The Morgan fingerprint density at radius 1 is 1.33 bits per heavy atom. The summed E-state index contributed by atoms with van der Waals surface area (Å²) >= 11 is 0. The second kappa shape index (κ2) is 8.86. The van der Waals surface area contributed by atoms with Crippen LogP contribution in [-0.2, 0) is 9.47 Å². The van der Waals surface area contributed by atoms with E-state index in [1.165, 1.54) is 19.3 Å². The summed E-state index contributed by atoms with van der Waals surface area (Å²) in [7, 11) is 1.65. The molecule has 0 aromatic rings. The molecule has 0 spiro atoms. The van der Waals surface area contributed by atoms with Gasteiger partial charge in [-0.05, 0) is 38.1 Å². The first-order valence-corrected chi connectivity index (χ1v) is 7.11. The van der Waals surface area contributed by atoms with Gasteiger partial charge in [-0.2, -0.15) is 0 Å². The molecule has 0 amide bonds. The summed E-state index contributed by atoms with van der Waals surface area (Å²) in [6.45, 7) is 6.85. The minimum absolute atomic E-state index is 0.0420. The number of hydrogen-bond donors (Lipinski definition) is 2. The smallest absolute Gasteiger partial charge is 0.0897 e. The van der Waals surface area contributed by atoms with Gasteiger partial charge in [-0.3, -0.25) is 0 Å². The van der Waals surface area contributed by atoms with Crippen molar-refractivity contribution < 1.29 is 14.6 Å². The summed E-state index contributed by atoms with van der Waals surface area (Å²) in [5, 5.41) is 13.1. The van der Waals surface area contributed by atoms with Gasteiger partial charge in [0.25, 0.3) is 0 Å². The highest BCUT2D eigenvalue weighted by atomic mass is 16.5. The maximum absolute atomic E-state index is 9.76. The van der Waals surface area contributed by atoms with Crippen LogP contribution in [0.5, 0.6) is 0 Å². The Bertz CT molecular complexity index is 213. The van der Waals surface area contributed by atoms with Crippen LogP contribution in [0.25, 0.3) is 0 Å². The van der Waals surface area contributed by atoms with E-state index in [0.29, 0.717) is 19.8 Å². The molecule has 0 heterocycles. The van der Waals surface area contributed by atoms with Crippen molar-refractivity contribution in [2.45, 2.75) is 45.3 Å². The van der Waals surface area contributed by atoms with Gasteiger partial charge in [-0.15, -0.1) is 0 Å². The summed E-state index contributed by atoms with van der Waals surface area (Å²) < 4.78 is 10.4. The quantitative estimate of drug-likeness (QED) is 0.657. The van der Waals surface area contributed by atoms with E-state index >= 15 is 0 Å². The summed E-state index contributed by atoms with van der Waals surface area (Å²) in [6, 6.07) is 0. The highest BCUT2D eigenvalue weighted by Crippen LogP contribution is 2.29. The van der Waals surface area contributed by atoms with E-state index in [0.717, 1.165) is 18.4 Å². The van der Waals surface area contributed by atoms with Gasteiger partial charge in [0.05, 0.1) is 25.4 Å². The Kier molecular flexibility index (Phi) is 7.82. The van der Waals surface area contributed by atoms with Crippen molar-refractivity contribution in [3.8, 4) is 0 Å². The lowest BCUT2D eigenvalue weighted by atomic mass is 10.1. The highest BCUT2D eigenvalue weighted by Gasteiger charge is 2.20. The number of nitrogens with one attached hydrogen (secondary N) is 1. The molecule has 1 aliphatic rings. The summed E-state index contributed by atoms with van der Waals surface area (Å²) in [4.78, 5) is 0. The van der Waals surface area contributed by atoms with Crippen LogP contribution in [-0.4, -0.2) is 50.7 Å². The van der Waals surface area contributed by atoms with E-state index in [1.807, 2.05) is 6.92 Å². The Labute approximate surface area is 111 Å². The van der Waals surface area contributed by atoms with Crippen LogP contribution in [0.1, 0.15) is 33.1 Å². The molecule has 2 N–H and O–H groups in total. The first-order valence-electron chi connectivity index (χ1n) is 7.11. The fourth-order valence-corrected chi connectivity index (χ4v) is 2.58. The molecule has 1 rings (SSSR count). The lowest BCUT2D eigenvalue weighted by Crippen LogP contribution is -2.34. The van der Waals surface area contributed by atoms with Crippen LogP contribution in [0, 0.1) is 11.8 Å². The first kappa shape index (κ1) is 15.9. The molecule has 0 saturated heterocycles. The van der Waals surface area contributed by atoms with Gasteiger partial charge in [-0.1, -0.05) is 13.3 Å². The molecular formula is C14H29NO3. The van der Waals surface area contributed by atoms with Crippen molar-refractivity contribution in [1.82, 2.24) is 5.32 Å². The average Bonchev–Trinajstić information content (AvgIpc) is 2.73. The second-order valence-corrected chi connectivity index (χ2v) is 5.70. The molecule has 0 aromatic carbocycles. The molecule has 0 aromatic heterocycles. The molecule has 0 radical (unpaired) electrons. The van der Waals surface area contributed by atoms with E-state index in [9.17, 15) is 5.11 Å². The molecule has 4 unspecified atom stereocenters. The zero-order chi connectivity index (χ0) is 13.4. The summed E-state index contributed by atoms with van der Waals surface area (Å²) in [5.74, 6) is 1.67. The molecule has 4 nitrogen and oxygen atoms in total. The molecule has 108 valence electrons. The molecule has 4 heteroatoms. The van der Waals surface area contributed by atoms with Crippen LogP contribution in [0.4, 0.5) is 0 Å². The van der Waals surface area contributed by atoms with Gasteiger partial charge in [0, 0.05) is 13.7 Å². The van der Waals surface area contributed by atoms with Gasteiger partial charge in [0.2, 0.25) is 0 Å². The Morgan fingerprint density at radius 2 is 2.11 bits per heavy atom. The Balaban J connectivity index is 1.98. The standard InChI is InChI=1S/C14H29NO3/c1-11-4-5-13(6-11)7-15-8-14(16)10-18-12(2)9-17-3/h11-16H,4-10H2,1-3H3. The second-order valence-electron chi connectivity index (χ2n) is 5.70. The SMILES string of the molecule is COCC(C)OCC(O)CNCC1CCC(C)C1. The molecule has 0 bridgehead atoms. The van der Waals surface area contributed by atoms with Crippen LogP contribution < -0.4 is 5.32 Å². The molecule has 1 fully saturated rings. The monoisotopic (exact) mass is 259 g/mol. The lowest BCUT2D eigenvalue weighted by Gasteiger charge is -2.17. The summed E-state index contributed by atoms with van der Waals surface area (Å²) in [5.41, 5.74) is 0. The normalized spacial score (nSPS) is 27.3. The van der Waals surface area contributed by atoms with E-state index in [4.69, 9.17) is 9.47 Å². The van der Waals surface area contributed by atoms with Crippen molar-refractivity contribution in [1.29, 1.82) is 0 Å². The molecular weight excluding hydrogens is 230 g/mol. The Hall–Kier alpha value is -0.160. The largest absolute Gasteiger partial charge is 0.389 e. The predicted molar refractivity (Wildman–Crippen MR) is 72.7 cm³/mol. The molecule has 1 saturated carbocycles.